The number of amides is 2. The number of benzene rings is 1. The molecular formula is C19H19NO3. The third-order valence-corrected chi connectivity index (χ3v) is 6.14. The number of para-hydroxylation sites is 1. The van der Waals surface area contributed by atoms with Crippen LogP contribution in [0.4, 0.5) is 5.69 Å². The Hall–Kier alpha value is -2.23. The highest BCUT2D eigenvalue weighted by Gasteiger charge is 2.63. The van der Waals surface area contributed by atoms with E-state index in [1.54, 1.807) is 12.1 Å². The summed E-state index contributed by atoms with van der Waals surface area (Å²) in [5.41, 5.74) is 0.885. The van der Waals surface area contributed by atoms with Crippen LogP contribution in [-0.4, -0.2) is 17.6 Å². The smallest absolute Gasteiger partial charge is 0.238 e. The predicted octanol–water partition coefficient (Wildman–Crippen LogP) is 2.74. The molecule has 0 bridgehead atoms. The number of hydrogen-bond acceptors (Lipinski definition) is 3. The number of carbonyl (C=O) groups excluding carboxylic acids is 3. The van der Waals surface area contributed by atoms with Gasteiger partial charge in [0.1, 0.15) is 5.78 Å². The second-order valence-corrected chi connectivity index (χ2v) is 7.06. The number of carbonyl (C=O) groups is 3. The molecule has 1 saturated heterocycles. The van der Waals surface area contributed by atoms with E-state index < -0.39 is 11.3 Å². The molecule has 3 aliphatic rings. The fraction of sp³-hybridized carbons (Fsp3) is 0.421. The number of allylic oxidation sites excluding steroid dienone is 1. The Kier molecular flexibility index (Phi) is 2.89. The van der Waals surface area contributed by atoms with Crippen LogP contribution in [0.3, 0.4) is 0 Å². The SMILES string of the molecule is C=C1CC[C@@H]2[C@@H]3C(=O)N(c4ccccc4)C(=O)[C@@H]3CC(=O)[C@]12C. The number of Topliss-reactive ketones (excluding diaryl/α,β-unsaturated/α-hetero) is 1. The van der Waals surface area contributed by atoms with E-state index in [2.05, 4.69) is 6.58 Å². The molecule has 4 nitrogen and oxygen atoms in total. The van der Waals surface area contributed by atoms with Gasteiger partial charge in [-0.15, -0.1) is 0 Å². The predicted molar refractivity (Wildman–Crippen MR) is 85.5 cm³/mol. The Morgan fingerprint density at radius 3 is 2.52 bits per heavy atom. The van der Waals surface area contributed by atoms with Gasteiger partial charge in [-0.25, -0.2) is 0 Å². The third-order valence-electron chi connectivity index (χ3n) is 6.14. The van der Waals surface area contributed by atoms with E-state index in [0.29, 0.717) is 5.69 Å². The molecule has 4 rings (SSSR count). The zero-order valence-electron chi connectivity index (χ0n) is 13.1. The Morgan fingerprint density at radius 1 is 1.13 bits per heavy atom. The van der Waals surface area contributed by atoms with E-state index in [9.17, 15) is 14.4 Å². The number of rotatable bonds is 1. The fourth-order valence-electron chi connectivity index (χ4n) is 4.74. The largest absolute Gasteiger partial charge is 0.299 e. The minimum Gasteiger partial charge on any atom is -0.299 e. The van der Waals surface area contributed by atoms with Crippen molar-refractivity contribution in [3.05, 3.63) is 42.5 Å². The number of imide groups is 1. The lowest BCUT2D eigenvalue weighted by Crippen LogP contribution is -2.46. The van der Waals surface area contributed by atoms with E-state index in [-0.39, 0.29) is 35.9 Å². The maximum Gasteiger partial charge on any atom is 0.238 e. The molecule has 2 saturated carbocycles. The average Bonchev–Trinajstić information content (AvgIpc) is 2.97. The van der Waals surface area contributed by atoms with E-state index in [1.807, 2.05) is 25.1 Å². The summed E-state index contributed by atoms with van der Waals surface area (Å²) in [5, 5.41) is 0. The molecule has 0 spiro atoms. The molecular weight excluding hydrogens is 290 g/mol. The van der Waals surface area contributed by atoms with Crippen LogP contribution in [-0.2, 0) is 14.4 Å². The Labute approximate surface area is 135 Å². The highest BCUT2D eigenvalue weighted by molar-refractivity contribution is 6.23. The summed E-state index contributed by atoms with van der Waals surface area (Å²) in [6.45, 7) is 5.98. The fourth-order valence-corrected chi connectivity index (χ4v) is 4.74. The standard InChI is InChI=1S/C19H19NO3/c1-11-8-9-14-16-13(10-15(21)19(11,14)2)17(22)20(18(16)23)12-6-4-3-5-7-12/h3-7,13-14,16H,1,8-10H2,2H3/t13-,14-,16-,19-/m1/s1. The zero-order chi connectivity index (χ0) is 16.4. The van der Waals surface area contributed by atoms with Gasteiger partial charge in [0.25, 0.3) is 0 Å². The molecule has 2 amide bonds. The topological polar surface area (TPSA) is 54.5 Å². The number of fused-ring (bicyclic) bond motifs is 3. The first-order valence-corrected chi connectivity index (χ1v) is 8.10. The summed E-state index contributed by atoms with van der Waals surface area (Å²) in [6.07, 6.45) is 1.69. The highest BCUT2D eigenvalue weighted by atomic mass is 16.2. The Balaban J connectivity index is 1.78. The summed E-state index contributed by atoms with van der Waals surface area (Å²) < 4.78 is 0. The lowest BCUT2D eigenvalue weighted by Gasteiger charge is -2.40. The minimum atomic E-state index is -0.635. The zero-order valence-corrected chi connectivity index (χ0v) is 13.1. The monoisotopic (exact) mass is 309 g/mol. The van der Waals surface area contributed by atoms with E-state index in [1.165, 1.54) is 4.90 Å². The third kappa shape index (κ3) is 1.69. The number of nitrogens with zero attached hydrogens (tertiary/aromatic N) is 1. The maximum atomic E-state index is 13.0. The Morgan fingerprint density at radius 2 is 1.83 bits per heavy atom. The van der Waals surface area contributed by atoms with E-state index in [4.69, 9.17) is 0 Å². The van der Waals surface area contributed by atoms with Gasteiger partial charge in [0.15, 0.2) is 0 Å². The first-order chi connectivity index (χ1) is 11.0. The number of ketones is 1. The van der Waals surface area contributed by atoms with Gasteiger partial charge in [-0.1, -0.05) is 30.4 Å². The van der Waals surface area contributed by atoms with Crippen LogP contribution in [0.5, 0.6) is 0 Å². The summed E-state index contributed by atoms with van der Waals surface area (Å²) >= 11 is 0. The van der Waals surface area contributed by atoms with Crippen molar-refractivity contribution in [1.82, 2.24) is 0 Å². The second kappa shape index (κ2) is 4.63. The molecule has 1 heterocycles. The summed E-state index contributed by atoms with van der Waals surface area (Å²) in [7, 11) is 0. The lowest BCUT2D eigenvalue weighted by molar-refractivity contribution is -0.140. The van der Waals surface area contributed by atoms with Crippen molar-refractivity contribution in [3.8, 4) is 0 Å². The van der Waals surface area contributed by atoms with Crippen LogP contribution in [0.15, 0.2) is 42.5 Å². The van der Waals surface area contributed by atoms with E-state index in [0.717, 1.165) is 18.4 Å². The van der Waals surface area contributed by atoms with Crippen LogP contribution in [0, 0.1) is 23.2 Å². The lowest BCUT2D eigenvalue weighted by atomic mass is 9.59. The Bertz CT molecular complexity index is 738. The molecule has 0 unspecified atom stereocenters. The van der Waals surface area contributed by atoms with Crippen molar-refractivity contribution < 1.29 is 14.4 Å². The van der Waals surface area contributed by atoms with Crippen molar-refractivity contribution in [2.45, 2.75) is 26.2 Å². The highest BCUT2D eigenvalue weighted by Crippen LogP contribution is 2.58. The van der Waals surface area contributed by atoms with Crippen molar-refractivity contribution in [2.75, 3.05) is 4.90 Å². The molecule has 0 radical (unpaired) electrons. The van der Waals surface area contributed by atoms with Gasteiger partial charge in [-0.2, -0.15) is 0 Å². The van der Waals surface area contributed by atoms with Crippen LogP contribution in [0.25, 0.3) is 0 Å². The molecule has 1 aromatic rings. The maximum absolute atomic E-state index is 13.0. The van der Waals surface area contributed by atoms with Crippen LogP contribution >= 0.6 is 0 Å². The molecule has 1 aliphatic heterocycles. The normalized spacial score (nSPS) is 36.4. The van der Waals surface area contributed by atoms with Gasteiger partial charge in [-0.3, -0.25) is 19.3 Å². The second-order valence-electron chi connectivity index (χ2n) is 7.06. The first-order valence-electron chi connectivity index (χ1n) is 8.10. The molecule has 0 N–H and O–H groups in total. The minimum absolute atomic E-state index is 0.0716. The first kappa shape index (κ1) is 14.4. The molecule has 118 valence electrons. The van der Waals surface area contributed by atoms with Crippen molar-refractivity contribution >= 4 is 23.3 Å². The van der Waals surface area contributed by atoms with Gasteiger partial charge in [0.2, 0.25) is 11.8 Å². The van der Waals surface area contributed by atoms with Crippen LogP contribution < -0.4 is 4.90 Å². The van der Waals surface area contributed by atoms with Gasteiger partial charge >= 0.3 is 0 Å². The molecule has 1 aromatic carbocycles. The van der Waals surface area contributed by atoms with Gasteiger partial charge in [0.05, 0.1) is 22.9 Å². The van der Waals surface area contributed by atoms with Crippen LogP contribution in [0.1, 0.15) is 26.2 Å². The van der Waals surface area contributed by atoms with Crippen molar-refractivity contribution in [3.63, 3.8) is 0 Å². The summed E-state index contributed by atoms with van der Waals surface area (Å²) in [5.74, 6) is -1.28. The van der Waals surface area contributed by atoms with E-state index >= 15 is 0 Å². The molecule has 4 atom stereocenters. The van der Waals surface area contributed by atoms with Gasteiger partial charge in [0, 0.05) is 6.42 Å². The molecule has 0 aromatic heterocycles. The molecule has 23 heavy (non-hydrogen) atoms. The van der Waals surface area contributed by atoms with Gasteiger partial charge in [-0.05, 0) is 37.8 Å². The molecule has 2 aliphatic carbocycles. The molecule has 4 heteroatoms. The quantitative estimate of drug-likeness (QED) is 0.592. The average molecular weight is 309 g/mol. The van der Waals surface area contributed by atoms with Crippen molar-refractivity contribution in [1.29, 1.82) is 0 Å². The summed E-state index contributed by atoms with van der Waals surface area (Å²) in [6, 6.07) is 9.00. The van der Waals surface area contributed by atoms with Crippen molar-refractivity contribution in [2.24, 2.45) is 23.2 Å². The number of anilines is 1. The summed E-state index contributed by atoms with van der Waals surface area (Å²) in [4.78, 5) is 39.8. The van der Waals surface area contributed by atoms with Crippen LogP contribution in [0.2, 0.25) is 0 Å². The van der Waals surface area contributed by atoms with Gasteiger partial charge < -0.3 is 0 Å². The molecule has 3 fully saturated rings. The number of hydrogen-bond donors (Lipinski definition) is 0.